The molecule has 0 atom stereocenters. The summed E-state index contributed by atoms with van der Waals surface area (Å²) in [6, 6.07) is 4.92. The van der Waals surface area contributed by atoms with Crippen molar-refractivity contribution in [3.8, 4) is 5.75 Å². The predicted octanol–water partition coefficient (Wildman–Crippen LogP) is 2.36. The summed E-state index contributed by atoms with van der Waals surface area (Å²) in [5.74, 6) is -0.373. The summed E-state index contributed by atoms with van der Waals surface area (Å²) in [4.78, 5) is 9.60. The Labute approximate surface area is 82.9 Å². The number of nitro benzene ring substituents is 1. The molecule has 0 fully saturated rings. The average molecular weight is 220 g/mol. The first-order valence-corrected chi connectivity index (χ1v) is 3.97. The molecule has 0 aliphatic heterocycles. The fourth-order valence-electron chi connectivity index (χ4n) is 0.914. The van der Waals surface area contributed by atoms with Crippen LogP contribution in [0.3, 0.4) is 0 Å². The summed E-state index contributed by atoms with van der Waals surface area (Å²) in [6.45, 7) is -6.59. The van der Waals surface area contributed by atoms with Gasteiger partial charge in [-0.15, -0.1) is 0 Å². The van der Waals surface area contributed by atoms with Crippen LogP contribution in [0.5, 0.6) is 5.75 Å². The Morgan fingerprint density at radius 3 is 2.47 bits per heavy atom. The van der Waals surface area contributed by atoms with Crippen LogP contribution in [-0.2, 0) is 0 Å². The van der Waals surface area contributed by atoms with Crippen molar-refractivity contribution >= 4 is 12.7 Å². The molecule has 0 saturated heterocycles. The van der Waals surface area contributed by atoms with E-state index in [4.69, 9.17) is 0 Å². The van der Waals surface area contributed by atoms with Gasteiger partial charge in [-0.2, -0.15) is 0 Å². The minimum atomic E-state index is -5.11. The van der Waals surface area contributed by atoms with Crippen molar-refractivity contribution in [1.29, 1.82) is 0 Å². The summed E-state index contributed by atoms with van der Waals surface area (Å²) < 4.78 is 39.8. The molecule has 0 bridgehead atoms. The molecule has 0 aliphatic rings. The highest BCUT2D eigenvalue weighted by Crippen LogP contribution is 2.26. The lowest BCUT2D eigenvalue weighted by Crippen LogP contribution is -2.26. The fourth-order valence-corrected chi connectivity index (χ4v) is 0.914. The second kappa shape index (κ2) is 4.20. The molecule has 0 heterocycles. The van der Waals surface area contributed by atoms with Crippen LogP contribution in [-0.4, -0.2) is 18.4 Å². The Kier molecular flexibility index (Phi) is 3.18. The number of halogens is 3. The summed E-state index contributed by atoms with van der Waals surface area (Å²) >= 11 is 0. The average Bonchev–Trinajstić information content (AvgIpc) is 2.14. The summed E-state index contributed by atoms with van der Waals surface area (Å²) in [6.07, 6.45) is 0. The lowest BCUT2D eigenvalue weighted by molar-refractivity contribution is -0.385. The van der Waals surface area contributed by atoms with E-state index in [0.29, 0.717) is 0 Å². The standard InChI is InChI=1S/C7H6BF3NO3/c9-8(10,11)5-15-7-4-2-1-3-6(7)12(13)14/h1-4H,5H2/q-1. The van der Waals surface area contributed by atoms with Gasteiger partial charge >= 0.3 is 12.7 Å². The van der Waals surface area contributed by atoms with Crippen LogP contribution >= 0.6 is 0 Å². The summed E-state index contributed by atoms with van der Waals surface area (Å²) in [5.41, 5.74) is -0.474. The smallest absolute Gasteiger partial charge is 0.515 e. The van der Waals surface area contributed by atoms with Crippen molar-refractivity contribution in [2.24, 2.45) is 0 Å². The molecule has 15 heavy (non-hydrogen) atoms. The Morgan fingerprint density at radius 2 is 1.93 bits per heavy atom. The topological polar surface area (TPSA) is 52.4 Å². The number of hydrogen-bond acceptors (Lipinski definition) is 3. The normalized spacial score (nSPS) is 11.1. The maximum Gasteiger partial charge on any atom is 0.515 e. The van der Waals surface area contributed by atoms with Crippen LogP contribution in [0, 0.1) is 10.1 Å². The molecule has 1 aromatic rings. The highest BCUT2D eigenvalue weighted by Gasteiger charge is 2.25. The first-order chi connectivity index (χ1) is 6.90. The number of ether oxygens (including phenoxy) is 1. The van der Waals surface area contributed by atoms with Gasteiger partial charge in [-0.25, -0.2) is 0 Å². The van der Waals surface area contributed by atoms with Gasteiger partial charge in [-0.1, -0.05) is 12.1 Å². The van der Waals surface area contributed by atoms with Gasteiger partial charge in [0, 0.05) is 6.07 Å². The molecule has 0 N–H and O–H groups in total. The van der Waals surface area contributed by atoms with Crippen molar-refractivity contribution in [2.75, 3.05) is 6.51 Å². The lowest BCUT2D eigenvalue weighted by Gasteiger charge is -2.14. The second-order valence-electron chi connectivity index (χ2n) is 2.75. The molecule has 0 radical (unpaired) electrons. The predicted molar refractivity (Wildman–Crippen MR) is 47.7 cm³/mol. The van der Waals surface area contributed by atoms with Gasteiger partial charge in [0.05, 0.1) is 11.4 Å². The Balaban J connectivity index is 2.81. The molecule has 1 aromatic carbocycles. The molecule has 0 unspecified atom stereocenters. The van der Waals surface area contributed by atoms with Crippen LogP contribution in [0.25, 0.3) is 0 Å². The van der Waals surface area contributed by atoms with Crippen LogP contribution in [0.15, 0.2) is 24.3 Å². The third-order valence-corrected chi connectivity index (χ3v) is 1.49. The van der Waals surface area contributed by atoms with E-state index in [1.165, 1.54) is 12.1 Å². The van der Waals surface area contributed by atoms with Crippen LogP contribution in [0.1, 0.15) is 0 Å². The molecule has 82 valence electrons. The third kappa shape index (κ3) is 3.49. The van der Waals surface area contributed by atoms with Crippen molar-refractivity contribution < 1.29 is 22.6 Å². The van der Waals surface area contributed by atoms with Crippen molar-refractivity contribution in [2.45, 2.75) is 0 Å². The Morgan fingerprint density at radius 1 is 1.33 bits per heavy atom. The number of benzene rings is 1. The van der Waals surface area contributed by atoms with E-state index in [2.05, 4.69) is 4.74 Å². The summed E-state index contributed by atoms with van der Waals surface area (Å²) in [5, 5.41) is 10.4. The Hall–Kier alpha value is -1.73. The molecule has 0 aliphatic carbocycles. The lowest BCUT2D eigenvalue weighted by atomic mass is 9.95. The van der Waals surface area contributed by atoms with Crippen LogP contribution in [0.4, 0.5) is 18.6 Å². The number of nitro groups is 1. The van der Waals surface area contributed by atoms with Gasteiger partial charge in [0.1, 0.15) is 0 Å². The Bertz CT molecular complexity index is 369. The number of nitrogens with zero attached hydrogens (tertiary/aromatic N) is 1. The van der Waals surface area contributed by atoms with Gasteiger partial charge in [-0.05, 0) is 6.07 Å². The van der Waals surface area contributed by atoms with Crippen LogP contribution in [0.2, 0.25) is 0 Å². The first-order valence-electron chi connectivity index (χ1n) is 3.97. The van der Waals surface area contributed by atoms with E-state index in [1.807, 2.05) is 0 Å². The zero-order valence-corrected chi connectivity index (χ0v) is 7.40. The molecule has 8 heteroatoms. The largest absolute Gasteiger partial charge is 0.517 e. The monoisotopic (exact) mass is 220 g/mol. The molecule has 0 spiro atoms. The SMILES string of the molecule is O=[N+]([O-])c1ccccc1OC[B-](F)(F)F. The second-order valence-corrected chi connectivity index (χ2v) is 2.75. The van der Waals surface area contributed by atoms with Crippen molar-refractivity contribution in [1.82, 2.24) is 0 Å². The molecular formula is C7H6BF3NO3-. The van der Waals surface area contributed by atoms with Crippen LogP contribution < -0.4 is 4.74 Å². The van der Waals surface area contributed by atoms with Gasteiger partial charge < -0.3 is 17.7 Å². The molecule has 1 rings (SSSR count). The minimum absolute atomic E-state index is 0.373. The summed E-state index contributed by atoms with van der Waals surface area (Å²) in [7, 11) is 0. The molecular weight excluding hydrogens is 214 g/mol. The van der Waals surface area contributed by atoms with Gasteiger partial charge in [0.25, 0.3) is 0 Å². The maximum atomic E-state index is 11.8. The highest BCUT2D eigenvalue weighted by molar-refractivity contribution is 6.58. The highest BCUT2D eigenvalue weighted by atomic mass is 19.4. The van der Waals surface area contributed by atoms with E-state index in [-0.39, 0.29) is 5.75 Å². The zero-order chi connectivity index (χ0) is 11.5. The quantitative estimate of drug-likeness (QED) is 0.444. The van der Waals surface area contributed by atoms with Gasteiger partial charge in [0.15, 0.2) is 5.75 Å². The van der Waals surface area contributed by atoms with E-state index in [0.717, 1.165) is 12.1 Å². The van der Waals surface area contributed by atoms with Gasteiger partial charge in [-0.3, -0.25) is 10.1 Å². The third-order valence-electron chi connectivity index (χ3n) is 1.49. The van der Waals surface area contributed by atoms with Gasteiger partial charge in [0.2, 0.25) is 0 Å². The maximum absolute atomic E-state index is 11.8. The van der Waals surface area contributed by atoms with E-state index >= 15 is 0 Å². The zero-order valence-electron chi connectivity index (χ0n) is 7.40. The van der Waals surface area contributed by atoms with E-state index < -0.39 is 24.1 Å². The number of para-hydroxylation sites is 2. The minimum Gasteiger partial charge on any atom is -0.517 e. The molecule has 0 aromatic heterocycles. The number of hydrogen-bond donors (Lipinski definition) is 0. The van der Waals surface area contributed by atoms with E-state index in [9.17, 15) is 23.1 Å². The van der Waals surface area contributed by atoms with Crippen molar-refractivity contribution in [3.05, 3.63) is 34.4 Å². The molecule has 0 amide bonds. The fraction of sp³-hybridized carbons (Fsp3) is 0.143. The van der Waals surface area contributed by atoms with E-state index in [1.54, 1.807) is 0 Å². The molecule has 4 nitrogen and oxygen atoms in total. The van der Waals surface area contributed by atoms with Crippen molar-refractivity contribution in [3.63, 3.8) is 0 Å². The first kappa shape index (κ1) is 11.4. The molecule has 0 saturated carbocycles. The number of rotatable bonds is 4.